The fourth-order valence-electron chi connectivity index (χ4n) is 3.49. The molecule has 1 saturated carbocycles. The number of halogens is 4. The first-order chi connectivity index (χ1) is 11.4. The largest absolute Gasteiger partial charge is 0.458 e. The van der Waals surface area contributed by atoms with Crippen LogP contribution in [0.2, 0.25) is 0 Å². The van der Waals surface area contributed by atoms with E-state index in [0.717, 1.165) is 43.1 Å². The smallest absolute Gasteiger partial charge is 0.206 e. The van der Waals surface area contributed by atoms with Crippen LogP contribution in [0.25, 0.3) is 0 Å². The SMILES string of the molecule is CCCCCC1CCC(c2ccc(C#CC(F)(F)F)c(F)c2)CC1. The van der Waals surface area contributed by atoms with Crippen molar-refractivity contribution in [1.82, 2.24) is 0 Å². The molecule has 4 heteroatoms. The third kappa shape index (κ3) is 5.85. The molecule has 1 aromatic carbocycles. The second-order valence-electron chi connectivity index (χ2n) is 6.70. The predicted molar refractivity (Wildman–Crippen MR) is 88.2 cm³/mol. The molecule has 0 aliphatic heterocycles. The van der Waals surface area contributed by atoms with Gasteiger partial charge >= 0.3 is 6.18 Å². The summed E-state index contributed by atoms with van der Waals surface area (Å²) in [6.07, 6.45) is 4.86. The fraction of sp³-hybridized carbons (Fsp3) is 0.600. The lowest BCUT2D eigenvalue weighted by Gasteiger charge is -2.29. The lowest BCUT2D eigenvalue weighted by atomic mass is 9.77. The van der Waals surface area contributed by atoms with Gasteiger partial charge in [-0.25, -0.2) is 4.39 Å². The zero-order chi connectivity index (χ0) is 17.6. The van der Waals surface area contributed by atoms with E-state index in [1.165, 1.54) is 37.8 Å². The van der Waals surface area contributed by atoms with E-state index in [4.69, 9.17) is 0 Å². The van der Waals surface area contributed by atoms with Crippen molar-refractivity contribution >= 4 is 0 Å². The monoisotopic (exact) mass is 340 g/mol. The highest BCUT2D eigenvalue weighted by Gasteiger charge is 2.24. The van der Waals surface area contributed by atoms with Gasteiger partial charge in [0.2, 0.25) is 0 Å². The van der Waals surface area contributed by atoms with Gasteiger partial charge in [-0.1, -0.05) is 44.6 Å². The van der Waals surface area contributed by atoms with Crippen LogP contribution in [0.1, 0.15) is 75.3 Å². The van der Waals surface area contributed by atoms with Gasteiger partial charge in [0.05, 0.1) is 5.56 Å². The molecule has 0 nitrogen and oxygen atoms in total. The summed E-state index contributed by atoms with van der Waals surface area (Å²) in [5, 5.41) is 0. The molecule has 1 aromatic rings. The molecule has 0 heterocycles. The summed E-state index contributed by atoms with van der Waals surface area (Å²) >= 11 is 0. The van der Waals surface area contributed by atoms with Gasteiger partial charge in [-0.05, 0) is 55.2 Å². The molecule has 24 heavy (non-hydrogen) atoms. The third-order valence-electron chi connectivity index (χ3n) is 4.87. The van der Waals surface area contributed by atoms with Crippen molar-refractivity contribution in [3.63, 3.8) is 0 Å². The van der Waals surface area contributed by atoms with Crippen LogP contribution >= 0.6 is 0 Å². The minimum Gasteiger partial charge on any atom is -0.206 e. The van der Waals surface area contributed by atoms with E-state index >= 15 is 0 Å². The average Bonchev–Trinajstić information content (AvgIpc) is 2.54. The minimum atomic E-state index is -4.60. The number of unbranched alkanes of at least 4 members (excludes halogenated alkanes) is 2. The van der Waals surface area contributed by atoms with Crippen molar-refractivity contribution in [2.45, 2.75) is 70.4 Å². The van der Waals surface area contributed by atoms with E-state index < -0.39 is 12.0 Å². The number of hydrogen-bond donors (Lipinski definition) is 0. The summed E-state index contributed by atoms with van der Waals surface area (Å²) in [5.74, 6) is 3.41. The highest BCUT2D eigenvalue weighted by atomic mass is 19.4. The Bertz CT molecular complexity index is 584. The first kappa shape index (κ1) is 18.8. The van der Waals surface area contributed by atoms with Gasteiger partial charge in [-0.15, -0.1) is 0 Å². The van der Waals surface area contributed by atoms with Crippen molar-refractivity contribution in [2.24, 2.45) is 5.92 Å². The molecule has 1 aliphatic rings. The van der Waals surface area contributed by atoms with E-state index in [9.17, 15) is 17.6 Å². The Hall–Kier alpha value is -1.50. The van der Waals surface area contributed by atoms with Gasteiger partial charge in [0.15, 0.2) is 0 Å². The van der Waals surface area contributed by atoms with E-state index in [0.29, 0.717) is 5.92 Å². The number of rotatable bonds is 5. The predicted octanol–water partition coefficient (Wildman–Crippen LogP) is 6.59. The summed E-state index contributed by atoms with van der Waals surface area (Å²) in [7, 11) is 0. The molecule has 0 N–H and O–H groups in total. The van der Waals surface area contributed by atoms with Crippen molar-refractivity contribution in [1.29, 1.82) is 0 Å². The van der Waals surface area contributed by atoms with Crippen molar-refractivity contribution in [2.75, 3.05) is 0 Å². The van der Waals surface area contributed by atoms with Crippen LogP contribution in [0.5, 0.6) is 0 Å². The molecule has 0 saturated heterocycles. The van der Waals surface area contributed by atoms with Crippen molar-refractivity contribution in [3.8, 4) is 11.8 Å². The van der Waals surface area contributed by atoms with Gasteiger partial charge < -0.3 is 0 Å². The standard InChI is InChI=1S/C20H24F4/c1-2-3-4-5-15-6-8-16(9-7-15)18-11-10-17(19(21)14-18)12-13-20(22,23)24/h10-11,14-16H,2-9H2,1H3. The summed E-state index contributed by atoms with van der Waals surface area (Å²) < 4.78 is 50.3. The fourth-order valence-corrected chi connectivity index (χ4v) is 3.49. The maximum atomic E-state index is 14.0. The molecule has 0 aromatic heterocycles. The van der Waals surface area contributed by atoms with Crippen LogP contribution in [-0.4, -0.2) is 6.18 Å². The van der Waals surface area contributed by atoms with Gasteiger partial charge in [-0.2, -0.15) is 13.2 Å². The molecular weight excluding hydrogens is 316 g/mol. The summed E-state index contributed by atoms with van der Waals surface area (Å²) in [5.41, 5.74) is 0.696. The summed E-state index contributed by atoms with van der Waals surface area (Å²) in [4.78, 5) is 0. The highest BCUT2D eigenvalue weighted by Crippen LogP contribution is 2.38. The van der Waals surface area contributed by atoms with Gasteiger partial charge in [0.1, 0.15) is 5.82 Å². The van der Waals surface area contributed by atoms with Crippen molar-refractivity contribution < 1.29 is 17.6 Å². The summed E-state index contributed by atoms with van der Waals surface area (Å²) in [6, 6.07) is 4.46. The highest BCUT2D eigenvalue weighted by molar-refractivity contribution is 5.39. The van der Waals surface area contributed by atoms with Crippen LogP contribution in [0.4, 0.5) is 17.6 Å². The quantitative estimate of drug-likeness (QED) is 0.322. The van der Waals surface area contributed by atoms with Gasteiger partial charge in [-0.3, -0.25) is 0 Å². The lowest BCUT2D eigenvalue weighted by molar-refractivity contribution is -0.0696. The molecule has 2 rings (SSSR count). The Balaban J connectivity index is 1.94. The molecule has 1 aliphatic carbocycles. The average molecular weight is 340 g/mol. The molecule has 1 fully saturated rings. The second-order valence-corrected chi connectivity index (χ2v) is 6.70. The normalized spacial score (nSPS) is 21.2. The molecule has 132 valence electrons. The van der Waals surface area contributed by atoms with Crippen LogP contribution in [0, 0.1) is 23.6 Å². The van der Waals surface area contributed by atoms with Crippen LogP contribution in [0.3, 0.4) is 0 Å². The molecule has 0 amide bonds. The van der Waals surface area contributed by atoms with E-state index in [1.807, 2.05) is 5.92 Å². The van der Waals surface area contributed by atoms with Crippen LogP contribution < -0.4 is 0 Å². The number of alkyl halides is 3. The number of benzene rings is 1. The maximum absolute atomic E-state index is 14.0. The second kappa shape index (κ2) is 8.55. The topological polar surface area (TPSA) is 0 Å². The Labute approximate surface area is 141 Å². The molecule has 0 bridgehead atoms. The Morgan fingerprint density at radius 2 is 1.79 bits per heavy atom. The zero-order valence-corrected chi connectivity index (χ0v) is 14.1. The summed E-state index contributed by atoms with van der Waals surface area (Å²) in [6.45, 7) is 2.20. The molecule has 0 unspecified atom stereocenters. The Morgan fingerprint density at radius 3 is 2.38 bits per heavy atom. The zero-order valence-electron chi connectivity index (χ0n) is 14.1. The van der Waals surface area contributed by atoms with Crippen LogP contribution in [0.15, 0.2) is 18.2 Å². The van der Waals surface area contributed by atoms with Crippen molar-refractivity contribution in [3.05, 3.63) is 35.1 Å². The van der Waals surface area contributed by atoms with Gasteiger partial charge in [0, 0.05) is 5.92 Å². The van der Waals surface area contributed by atoms with Crippen LogP contribution in [-0.2, 0) is 0 Å². The molecule has 0 radical (unpaired) electrons. The molecular formula is C20H24F4. The van der Waals surface area contributed by atoms with E-state index in [-0.39, 0.29) is 5.56 Å². The Morgan fingerprint density at radius 1 is 1.08 bits per heavy atom. The third-order valence-corrected chi connectivity index (χ3v) is 4.87. The van der Waals surface area contributed by atoms with E-state index in [2.05, 4.69) is 6.92 Å². The van der Waals surface area contributed by atoms with Gasteiger partial charge in [0.25, 0.3) is 0 Å². The first-order valence-corrected chi connectivity index (χ1v) is 8.78. The van der Waals surface area contributed by atoms with E-state index in [1.54, 1.807) is 6.07 Å². The molecule has 0 atom stereocenters. The number of hydrogen-bond acceptors (Lipinski definition) is 0. The maximum Gasteiger partial charge on any atom is 0.458 e. The molecule has 0 spiro atoms. The first-order valence-electron chi connectivity index (χ1n) is 8.78. The Kier molecular flexibility index (Phi) is 6.71. The lowest BCUT2D eigenvalue weighted by Crippen LogP contribution is -2.13. The minimum absolute atomic E-state index is 0.190.